The maximum absolute atomic E-state index is 12.5. The van der Waals surface area contributed by atoms with Gasteiger partial charge in [-0.05, 0) is 24.3 Å². The zero-order valence-corrected chi connectivity index (χ0v) is 14.6. The zero-order valence-electron chi connectivity index (χ0n) is 14.6. The van der Waals surface area contributed by atoms with Gasteiger partial charge in [0.1, 0.15) is 12.2 Å². The second-order valence-corrected chi connectivity index (χ2v) is 6.41. The minimum absolute atomic E-state index is 0.0252. The smallest absolute Gasteiger partial charge is 0.236 e. The molecule has 3 heterocycles. The van der Waals surface area contributed by atoms with Crippen LogP contribution in [0.3, 0.4) is 0 Å². The highest BCUT2D eigenvalue weighted by molar-refractivity contribution is 5.78. The van der Waals surface area contributed by atoms with Crippen molar-refractivity contribution < 1.29 is 23.5 Å². The first-order valence-corrected chi connectivity index (χ1v) is 8.70. The number of piperidine rings is 1. The van der Waals surface area contributed by atoms with Crippen molar-refractivity contribution in [3.63, 3.8) is 0 Å². The first-order chi connectivity index (χ1) is 12.7. The van der Waals surface area contributed by atoms with Gasteiger partial charge in [0.2, 0.25) is 17.6 Å². The number of amides is 1. The number of hydrogen-bond acceptors (Lipinski definition) is 7. The SMILES string of the molecule is COc1ccc(-c2noc(CC(=O)N3CCC4(CC3)OCCO4)n2)cc1. The number of hydrogen-bond donors (Lipinski definition) is 0. The third-order valence-electron chi connectivity index (χ3n) is 4.81. The molecule has 1 amide bonds. The fraction of sp³-hybridized carbons (Fsp3) is 0.500. The summed E-state index contributed by atoms with van der Waals surface area (Å²) in [6.07, 6.45) is 1.48. The van der Waals surface area contributed by atoms with Crippen molar-refractivity contribution in [1.29, 1.82) is 0 Å². The highest BCUT2D eigenvalue weighted by Crippen LogP contribution is 2.31. The summed E-state index contributed by atoms with van der Waals surface area (Å²) in [5.41, 5.74) is 0.809. The fourth-order valence-electron chi connectivity index (χ4n) is 3.31. The van der Waals surface area contributed by atoms with E-state index in [1.807, 2.05) is 24.3 Å². The molecule has 1 spiro atoms. The molecular formula is C18H21N3O5. The zero-order chi connectivity index (χ0) is 18.0. The van der Waals surface area contributed by atoms with E-state index in [4.69, 9.17) is 18.7 Å². The van der Waals surface area contributed by atoms with Crippen molar-refractivity contribution in [3.05, 3.63) is 30.2 Å². The van der Waals surface area contributed by atoms with E-state index in [1.54, 1.807) is 12.0 Å². The summed E-state index contributed by atoms with van der Waals surface area (Å²) in [7, 11) is 1.61. The Balaban J connectivity index is 1.35. The summed E-state index contributed by atoms with van der Waals surface area (Å²) in [6.45, 7) is 2.48. The van der Waals surface area contributed by atoms with Crippen LogP contribution < -0.4 is 4.74 Å². The van der Waals surface area contributed by atoms with Crippen molar-refractivity contribution in [1.82, 2.24) is 15.0 Å². The molecular weight excluding hydrogens is 338 g/mol. The lowest BCUT2D eigenvalue weighted by Gasteiger charge is -2.37. The van der Waals surface area contributed by atoms with Crippen LogP contribution in [0, 0.1) is 0 Å². The lowest BCUT2D eigenvalue weighted by Crippen LogP contribution is -2.47. The minimum atomic E-state index is -0.483. The second-order valence-electron chi connectivity index (χ2n) is 6.41. The molecule has 0 aliphatic carbocycles. The molecule has 0 bridgehead atoms. The van der Waals surface area contributed by atoms with Crippen molar-refractivity contribution in [2.24, 2.45) is 0 Å². The van der Waals surface area contributed by atoms with Crippen LogP contribution in [0.1, 0.15) is 18.7 Å². The Morgan fingerprint density at radius 2 is 1.88 bits per heavy atom. The molecule has 2 aliphatic rings. The van der Waals surface area contributed by atoms with E-state index in [1.165, 1.54) is 0 Å². The van der Waals surface area contributed by atoms with Gasteiger partial charge < -0.3 is 23.6 Å². The van der Waals surface area contributed by atoms with Crippen molar-refractivity contribution >= 4 is 5.91 Å². The van der Waals surface area contributed by atoms with E-state index in [9.17, 15) is 4.79 Å². The molecule has 8 nitrogen and oxygen atoms in total. The summed E-state index contributed by atoms with van der Waals surface area (Å²) in [4.78, 5) is 18.6. The molecule has 2 aromatic rings. The number of benzene rings is 1. The van der Waals surface area contributed by atoms with Gasteiger partial charge in [0.25, 0.3) is 0 Å². The number of methoxy groups -OCH3 is 1. The van der Waals surface area contributed by atoms with E-state index in [0.29, 0.717) is 50.9 Å². The number of ether oxygens (including phenoxy) is 3. The lowest BCUT2D eigenvalue weighted by molar-refractivity contribution is -0.187. The van der Waals surface area contributed by atoms with E-state index >= 15 is 0 Å². The van der Waals surface area contributed by atoms with Crippen LogP contribution in [0.2, 0.25) is 0 Å². The number of nitrogens with zero attached hydrogens (tertiary/aromatic N) is 3. The number of carbonyl (C=O) groups excluding carboxylic acids is 1. The van der Waals surface area contributed by atoms with Gasteiger partial charge in [0.05, 0.1) is 20.3 Å². The number of aromatic nitrogens is 2. The van der Waals surface area contributed by atoms with Gasteiger partial charge in [0, 0.05) is 31.5 Å². The van der Waals surface area contributed by atoms with Crippen LogP contribution in [-0.2, 0) is 20.7 Å². The van der Waals surface area contributed by atoms with Crippen LogP contribution >= 0.6 is 0 Å². The normalized spacial score (nSPS) is 19.0. The lowest BCUT2D eigenvalue weighted by atomic mass is 10.0. The quantitative estimate of drug-likeness (QED) is 0.820. The van der Waals surface area contributed by atoms with Crippen molar-refractivity contribution in [2.45, 2.75) is 25.0 Å². The molecule has 2 aliphatic heterocycles. The Kier molecular flexibility index (Phi) is 4.60. The number of rotatable bonds is 4. The van der Waals surface area contributed by atoms with E-state index in [2.05, 4.69) is 10.1 Å². The highest BCUT2D eigenvalue weighted by Gasteiger charge is 2.40. The molecule has 0 radical (unpaired) electrons. The monoisotopic (exact) mass is 359 g/mol. The average Bonchev–Trinajstić information content (AvgIpc) is 3.32. The van der Waals surface area contributed by atoms with Gasteiger partial charge in [-0.3, -0.25) is 4.79 Å². The van der Waals surface area contributed by atoms with Gasteiger partial charge in [-0.25, -0.2) is 0 Å². The summed E-state index contributed by atoms with van der Waals surface area (Å²) < 4.78 is 21.7. The average molecular weight is 359 g/mol. The van der Waals surface area contributed by atoms with Crippen LogP contribution in [0.4, 0.5) is 0 Å². The molecule has 4 rings (SSSR count). The number of likely N-dealkylation sites (tertiary alicyclic amines) is 1. The Morgan fingerprint density at radius 3 is 2.54 bits per heavy atom. The van der Waals surface area contributed by atoms with Crippen LogP contribution in [0.25, 0.3) is 11.4 Å². The fourth-order valence-corrected chi connectivity index (χ4v) is 3.31. The first kappa shape index (κ1) is 17.0. The Morgan fingerprint density at radius 1 is 1.19 bits per heavy atom. The predicted molar refractivity (Wildman–Crippen MR) is 90.4 cm³/mol. The molecule has 26 heavy (non-hydrogen) atoms. The maximum Gasteiger partial charge on any atom is 0.236 e. The number of carbonyl (C=O) groups is 1. The van der Waals surface area contributed by atoms with Crippen LogP contribution in [0.15, 0.2) is 28.8 Å². The third kappa shape index (κ3) is 3.42. The van der Waals surface area contributed by atoms with Gasteiger partial charge in [-0.15, -0.1) is 0 Å². The van der Waals surface area contributed by atoms with Gasteiger partial charge >= 0.3 is 0 Å². The van der Waals surface area contributed by atoms with Crippen LogP contribution in [0.5, 0.6) is 5.75 Å². The highest BCUT2D eigenvalue weighted by atomic mass is 16.7. The Bertz CT molecular complexity index is 757. The minimum Gasteiger partial charge on any atom is -0.497 e. The molecule has 0 N–H and O–H groups in total. The molecule has 8 heteroatoms. The molecule has 1 aromatic heterocycles. The molecule has 0 atom stereocenters. The molecule has 0 unspecified atom stereocenters. The van der Waals surface area contributed by atoms with Crippen molar-refractivity contribution in [3.8, 4) is 17.1 Å². The summed E-state index contributed by atoms with van der Waals surface area (Å²) in [6, 6.07) is 7.35. The summed E-state index contributed by atoms with van der Waals surface area (Å²) in [5, 5.41) is 3.96. The van der Waals surface area contributed by atoms with E-state index in [0.717, 1.165) is 11.3 Å². The molecule has 0 saturated carbocycles. The van der Waals surface area contributed by atoms with E-state index in [-0.39, 0.29) is 12.3 Å². The topological polar surface area (TPSA) is 86.9 Å². The third-order valence-corrected chi connectivity index (χ3v) is 4.81. The predicted octanol–water partition coefficient (Wildman–Crippen LogP) is 1.65. The molecule has 2 saturated heterocycles. The van der Waals surface area contributed by atoms with Crippen molar-refractivity contribution in [2.75, 3.05) is 33.4 Å². The summed E-state index contributed by atoms with van der Waals surface area (Å²) in [5.74, 6) is 1.02. The molecule has 1 aromatic carbocycles. The Labute approximate surface area is 151 Å². The largest absolute Gasteiger partial charge is 0.497 e. The summed E-state index contributed by atoms with van der Waals surface area (Å²) >= 11 is 0. The van der Waals surface area contributed by atoms with Gasteiger partial charge in [0.15, 0.2) is 5.79 Å². The second kappa shape index (κ2) is 7.05. The van der Waals surface area contributed by atoms with Gasteiger partial charge in [-0.2, -0.15) is 4.98 Å². The molecule has 2 fully saturated rings. The van der Waals surface area contributed by atoms with E-state index < -0.39 is 5.79 Å². The first-order valence-electron chi connectivity index (χ1n) is 8.70. The van der Waals surface area contributed by atoms with Crippen LogP contribution in [-0.4, -0.2) is 60.1 Å². The molecule has 138 valence electrons. The standard InChI is InChI=1S/C18H21N3O5/c1-23-14-4-2-13(3-5-14)17-19-15(26-20-17)12-16(22)21-8-6-18(7-9-21)24-10-11-25-18/h2-5H,6-12H2,1H3. The van der Waals surface area contributed by atoms with Gasteiger partial charge in [-0.1, -0.05) is 5.16 Å². The Hall–Kier alpha value is -2.45. The maximum atomic E-state index is 12.5.